The lowest BCUT2D eigenvalue weighted by molar-refractivity contribution is -0.161. The van der Waals surface area contributed by atoms with E-state index in [2.05, 4.69) is 31.2 Å². The van der Waals surface area contributed by atoms with Gasteiger partial charge in [0.2, 0.25) is 11.4 Å². The highest BCUT2D eigenvalue weighted by Gasteiger charge is 2.54. The number of hydrogen-bond donors (Lipinski definition) is 8. The van der Waals surface area contributed by atoms with Crippen LogP contribution in [0.3, 0.4) is 0 Å². The lowest BCUT2D eigenvalue weighted by atomic mass is 9.98. The Morgan fingerprint density at radius 1 is 1.20 bits per heavy atom. The molecule has 2 aliphatic heterocycles. The van der Waals surface area contributed by atoms with Crippen molar-refractivity contribution in [3.8, 4) is 11.5 Å². The number of nitrogens with one attached hydrogen (secondary N) is 3. The number of phenolic OH excluding ortho intramolecular Hbond substituents is 2. The number of thiazole rings is 1. The van der Waals surface area contributed by atoms with Gasteiger partial charge < -0.3 is 51.3 Å². The third-order valence-corrected chi connectivity index (χ3v) is 10.5. The van der Waals surface area contributed by atoms with E-state index < -0.39 is 81.3 Å². The van der Waals surface area contributed by atoms with Crippen molar-refractivity contribution in [2.45, 2.75) is 43.9 Å². The first-order valence-electron chi connectivity index (χ1n) is 16.1. The van der Waals surface area contributed by atoms with Gasteiger partial charge in [-0.15, -0.1) is 11.3 Å². The van der Waals surface area contributed by atoms with E-state index in [0.29, 0.717) is 31.7 Å². The second-order valence-electron chi connectivity index (χ2n) is 12.7. The number of likely N-dealkylation sites (tertiary alicyclic amines) is 1. The van der Waals surface area contributed by atoms with Gasteiger partial charge in [0, 0.05) is 43.5 Å². The van der Waals surface area contributed by atoms with Crippen LogP contribution in [0, 0.1) is 0 Å². The number of anilines is 1. The number of nitrogens with zero attached hydrogens (tertiary/aromatic N) is 5. The summed E-state index contributed by atoms with van der Waals surface area (Å²) in [7, 11) is -5.15. The Labute approximate surface area is 320 Å². The molecule has 4 heterocycles. The summed E-state index contributed by atoms with van der Waals surface area (Å²) in [6.45, 7) is 3.48. The molecule has 0 unspecified atom stereocenters. The molecule has 2 aromatic heterocycles. The maximum Gasteiger partial charge on any atom is 0.362 e. The highest BCUT2D eigenvalue weighted by molar-refractivity contribution is 7.84. The van der Waals surface area contributed by atoms with Crippen LogP contribution in [0.2, 0.25) is 5.02 Å². The van der Waals surface area contributed by atoms with Crippen LogP contribution in [0.25, 0.3) is 0 Å². The molecule has 0 saturated carbocycles. The number of β-lactam (4-membered cyclic amide) rings is 1. The summed E-state index contributed by atoms with van der Waals surface area (Å²) in [5.41, 5.74) is 3.43. The number of amides is 4. The Kier molecular flexibility index (Phi) is 11.8. The molecule has 25 heteroatoms. The molecule has 3 atom stereocenters. The number of hydrogen-bond acceptors (Lipinski definition) is 17. The number of aromatic hydroxyl groups is 2. The predicted molar refractivity (Wildman–Crippen MR) is 190 cm³/mol. The number of carboxylic acids is 1. The monoisotopic (exact) mass is 827 g/mol. The summed E-state index contributed by atoms with van der Waals surface area (Å²) in [4.78, 5) is 74.1. The van der Waals surface area contributed by atoms with Crippen LogP contribution < -0.4 is 21.7 Å². The minimum absolute atomic E-state index is 0.00842. The van der Waals surface area contributed by atoms with Gasteiger partial charge in [-0.3, -0.25) is 23.7 Å². The van der Waals surface area contributed by atoms with E-state index in [0.717, 1.165) is 31.3 Å². The van der Waals surface area contributed by atoms with E-state index in [4.69, 9.17) is 26.7 Å². The van der Waals surface area contributed by atoms with Crippen molar-refractivity contribution >= 4 is 73.7 Å². The van der Waals surface area contributed by atoms with Gasteiger partial charge in [0.25, 0.3) is 23.6 Å². The van der Waals surface area contributed by atoms with Gasteiger partial charge in [0.1, 0.15) is 11.7 Å². The summed E-state index contributed by atoms with van der Waals surface area (Å²) in [5, 5.41) is 44.6. The van der Waals surface area contributed by atoms with Crippen molar-refractivity contribution in [3.05, 3.63) is 51.3 Å². The minimum Gasteiger partial charge on any atom is -0.504 e. The van der Waals surface area contributed by atoms with Gasteiger partial charge in [-0.1, -0.05) is 21.9 Å². The molecule has 296 valence electrons. The van der Waals surface area contributed by atoms with Crippen molar-refractivity contribution in [3.63, 3.8) is 0 Å². The SMILES string of the molecule is CC(C)(O/N=C(\C(=O)N[C@@H]1C(=O)N(S(=O)(=O)O)[C@@H]1CNC(=O)c1cc([C@@H]2CCN(CCNC(=O)c3ccc(O)c(O)c3Cl)C2)no1)c1csc(N)n1)C(=O)O. The molecular weight excluding hydrogens is 794 g/mol. The largest absolute Gasteiger partial charge is 0.504 e. The fourth-order valence-electron chi connectivity index (χ4n) is 5.47. The molecule has 2 aliphatic rings. The standard InChI is InChI=1S/C30H34ClN9O13S2/c1-30(2,28(47)48)53-38-21(16-12-54-29(32)35-16)26(45)36-22-17(40(27(22)46)55(49,50)51)10-34-25(44)19-9-15(37-52-19)13-5-7-39(11-13)8-6-33-24(43)14-3-4-18(41)23(42)20(14)31/h3-4,9,12-13,17,22,41-42H,5-8,10-11H2,1-2H3,(H2,32,35)(H,33,43)(H,34,44)(H,36,45)(H,47,48)(H,49,50,51)/b38-21-/t13-,17-,22+/m1/s1. The fourth-order valence-corrected chi connectivity index (χ4v) is 7.15. The molecule has 22 nitrogen and oxygen atoms in total. The highest BCUT2D eigenvalue weighted by atomic mass is 35.5. The molecular formula is C30H34ClN9O13S2. The summed E-state index contributed by atoms with van der Waals surface area (Å²) in [5.74, 6) is -6.71. The summed E-state index contributed by atoms with van der Waals surface area (Å²) in [6.07, 6.45) is 0.631. The van der Waals surface area contributed by atoms with Gasteiger partial charge in [0.15, 0.2) is 22.3 Å². The van der Waals surface area contributed by atoms with E-state index >= 15 is 0 Å². The molecule has 4 amide bonds. The van der Waals surface area contributed by atoms with Crippen LogP contribution in [-0.4, -0.2) is 133 Å². The van der Waals surface area contributed by atoms with Crippen LogP contribution >= 0.6 is 22.9 Å². The Hall–Kier alpha value is -5.56. The molecule has 2 fully saturated rings. The molecule has 3 aromatic rings. The first-order valence-corrected chi connectivity index (χ1v) is 18.7. The number of carbonyl (C=O) groups is 5. The van der Waals surface area contributed by atoms with Crippen LogP contribution in [0.15, 0.2) is 33.3 Å². The van der Waals surface area contributed by atoms with Crippen molar-refractivity contribution in [2.24, 2.45) is 5.16 Å². The second-order valence-corrected chi connectivity index (χ2v) is 15.3. The molecule has 9 N–H and O–H groups in total. The van der Waals surface area contributed by atoms with Gasteiger partial charge >= 0.3 is 16.3 Å². The number of carbonyl (C=O) groups excluding carboxylic acids is 4. The molecule has 1 aromatic carbocycles. The first-order chi connectivity index (χ1) is 25.8. The van der Waals surface area contributed by atoms with Crippen LogP contribution in [0.5, 0.6) is 11.5 Å². The fraction of sp³-hybridized carbons (Fsp3) is 0.400. The molecule has 0 aliphatic carbocycles. The topological polar surface area (TPSA) is 330 Å². The number of carboxylic acid groups (broad SMARTS) is 1. The number of aromatic nitrogens is 2. The number of oxime groups is 1. The molecule has 0 bridgehead atoms. The average Bonchev–Trinajstić information content (AvgIpc) is 3.89. The molecule has 5 rings (SSSR count). The van der Waals surface area contributed by atoms with Gasteiger partial charge in [-0.2, -0.15) is 8.42 Å². The van der Waals surface area contributed by atoms with Gasteiger partial charge in [-0.25, -0.2) is 14.1 Å². The van der Waals surface area contributed by atoms with Crippen molar-refractivity contribution in [1.29, 1.82) is 0 Å². The summed E-state index contributed by atoms with van der Waals surface area (Å²) >= 11 is 6.86. The summed E-state index contributed by atoms with van der Waals surface area (Å²) < 4.78 is 39.0. The van der Waals surface area contributed by atoms with Crippen molar-refractivity contribution in [2.75, 3.05) is 38.5 Å². The first kappa shape index (κ1) is 40.6. The maximum atomic E-state index is 13.3. The molecule has 0 spiro atoms. The van der Waals surface area contributed by atoms with Crippen LogP contribution in [0.1, 0.15) is 58.5 Å². The predicted octanol–water partition coefficient (Wildman–Crippen LogP) is -0.490. The van der Waals surface area contributed by atoms with E-state index in [1.54, 1.807) is 0 Å². The number of benzene rings is 1. The lowest BCUT2D eigenvalue weighted by Crippen LogP contribution is -2.74. The number of nitrogens with two attached hydrogens (primary N) is 1. The zero-order chi connectivity index (χ0) is 40.4. The lowest BCUT2D eigenvalue weighted by Gasteiger charge is -2.44. The van der Waals surface area contributed by atoms with E-state index in [1.165, 1.54) is 17.5 Å². The Morgan fingerprint density at radius 2 is 1.93 bits per heavy atom. The number of phenols is 2. The zero-order valence-corrected chi connectivity index (χ0v) is 31.1. The third kappa shape index (κ3) is 9.05. The van der Waals surface area contributed by atoms with Crippen molar-refractivity contribution < 1.29 is 61.6 Å². The van der Waals surface area contributed by atoms with Gasteiger partial charge in [-0.05, 0) is 38.9 Å². The van der Waals surface area contributed by atoms with E-state index in [9.17, 15) is 52.3 Å². The average molecular weight is 828 g/mol. The quantitative estimate of drug-likeness (QED) is 0.0315. The second kappa shape index (κ2) is 16.0. The van der Waals surface area contributed by atoms with Gasteiger partial charge in [0.05, 0.1) is 22.3 Å². The smallest absolute Gasteiger partial charge is 0.362 e. The minimum atomic E-state index is -5.15. The van der Waals surface area contributed by atoms with E-state index in [-0.39, 0.29) is 43.9 Å². The Morgan fingerprint density at radius 3 is 2.58 bits per heavy atom. The maximum absolute atomic E-state index is 13.3. The highest BCUT2D eigenvalue weighted by Crippen LogP contribution is 2.35. The Bertz CT molecular complexity index is 2160. The van der Waals surface area contributed by atoms with Crippen LogP contribution in [0.4, 0.5) is 5.13 Å². The molecule has 55 heavy (non-hydrogen) atoms. The van der Waals surface area contributed by atoms with Crippen LogP contribution in [-0.2, 0) is 29.5 Å². The van der Waals surface area contributed by atoms with E-state index in [1.807, 2.05) is 4.90 Å². The number of aliphatic carboxylic acids is 1. The Balaban J connectivity index is 1.18. The molecule has 0 radical (unpaired) electrons. The normalized spacial score (nSPS) is 19.1. The number of nitrogen functional groups attached to an aromatic ring is 1. The summed E-state index contributed by atoms with van der Waals surface area (Å²) in [6, 6.07) is 0.648. The number of halogens is 1. The third-order valence-electron chi connectivity index (χ3n) is 8.53. The number of rotatable bonds is 15. The van der Waals surface area contributed by atoms with Crippen molar-refractivity contribution in [1.82, 2.24) is 35.3 Å². The molecule has 2 saturated heterocycles. The zero-order valence-electron chi connectivity index (χ0n) is 28.8.